The van der Waals surface area contributed by atoms with Gasteiger partial charge in [-0.1, -0.05) is 79.7 Å². The molecule has 0 radical (unpaired) electrons. The van der Waals surface area contributed by atoms with E-state index in [0.29, 0.717) is 18.1 Å². The standard InChI is InChI=1S/C40H38O6/c1-5-28(25-45-37-20-21-38(27(2)22-37)46-26-39(41)42)40(31-16-12-29(13-17-31)33-8-6-10-35(23-33)43-3)32-18-14-30(15-19-32)34-9-7-11-36(24-34)44-4/h6-24H,5,25-26H2,1-4H3,(H,41,42). The highest BCUT2D eigenvalue weighted by atomic mass is 16.5. The van der Waals surface area contributed by atoms with E-state index < -0.39 is 5.97 Å². The molecule has 0 atom stereocenters. The molecule has 6 nitrogen and oxygen atoms in total. The Bertz CT molecular complexity index is 1730. The van der Waals surface area contributed by atoms with E-state index in [0.717, 1.165) is 68.0 Å². The van der Waals surface area contributed by atoms with Crippen LogP contribution in [0.25, 0.3) is 27.8 Å². The van der Waals surface area contributed by atoms with Gasteiger partial charge in [0, 0.05) is 0 Å². The topological polar surface area (TPSA) is 74.2 Å². The summed E-state index contributed by atoms with van der Waals surface area (Å²) in [7, 11) is 3.35. The fourth-order valence-corrected chi connectivity index (χ4v) is 5.37. The smallest absolute Gasteiger partial charge is 0.341 e. The molecule has 46 heavy (non-hydrogen) atoms. The number of methoxy groups -OCH3 is 2. The lowest BCUT2D eigenvalue weighted by Crippen LogP contribution is -2.10. The van der Waals surface area contributed by atoms with Gasteiger partial charge in [0.2, 0.25) is 0 Å². The highest BCUT2D eigenvalue weighted by Gasteiger charge is 2.14. The summed E-state index contributed by atoms with van der Waals surface area (Å²) in [6.45, 7) is 4.01. The van der Waals surface area contributed by atoms with Crippen LogP contribution in [0.5, 0.6) is 23.0 Å². The van der Waals surface area contributed by atoms with Crippen molar-refractivity contribution >= 4 is 11.5 Å². The summed E-state index contributed by atoms with van der Waals surface area (Å²) in [6, 6.07) is 38.7. The van der Waals surface area contributed by atoms with Crippen LogP contribution in [0, 0.1) is 6.92 Å². The molecule has 0 aromatic heterocycles. The average Bonchev–Trinajstić information content (AvgIpc) is 3.10. The zero-order valence-electron chi connectivity index (χ0n) is 26.6. The molecule has 6 heteroatoms. The summed E-state index contributed by atoms with van der Waals surface area (Å²) in [5.41, 5.74) is 9.64. The second-order valence-electron chi connectivity index (χ2n) is 10.8. The van der Waals surface area contributed by atoms with Gasteiger partial charge in [0.1, 0.15) is 29.6 Å². The van der Waals surface area contributed by atoms with E-state index in [1.54, 1.807) is 20.3 Å². The Balaban J connectivity index is 1.49. The van der Waals surface area contributed by atoms with Crippen molar-refractivity contribution in [1.29, 1.82) is 0 Å². The van der Waals surface area contributed by atoms with Gasteiger partial charge in [0.15, 0.2) is 6.61 Å². The fraction of sp³-hybridized carbons (Fsp3) is 0.175. The summed E-state index contributed by atoms with van der Waals surface area (Å²) in [4.78, 5) is 10.9. The molecule has 0 heterocycles. The Morgan fingerprint density at radius 2 is 1.15 bits per heavy atom. The highest BCUT2D eigenvalue weighted by Crippen LogP contribution is 2.34. The number of ether oxygens (including phenoxy) is 4. The summed E-state index contributed by atoms with van der Waals surface area (Å²) in [6.07, 6.45) is 0.781. The van der Waals surface area contributed by atoms with Gasteiger partial charge in [0.05, 0.1) is 14.2 Å². The summed E-state index contributed by atoms with van der Waals surface area (Å²) in [5.74, 6) is 1.83. The van der Waals surface area contributed by atoms with Crippen LogP contribution in [0.15, 0.2) is 121 Å². The van der Waals surface area contributed by atoms with Crippen molar-refractivity contribution in [2.45, 2.75) is 20.3 Å². The van der Waals surface area contributed by atoms with Gasteiger partial charge in [-0.2, -0.15) is 0 Å². The van der Waals surface area contributed by atoms with Crippen LogP contribution in [0.1, 0.15) is 30.0 Å². The molecule has 0 aliphatic rings. The molecule has 0 aliphatic heterocycles. The van der Waals surface area contributed by atoms with E-state index in [1.807, 2.05) is 55.5 Å². The van der Waals surface area contributed by atoms with E-state index in [-0.39, 0.29) is 6.61 Å². The normalized spacial score (nSPS) is 10.6. The fourth-order valence-electron chi connectivity index (χ4n) is 5.37. The maximum atomic E-state index is 10.9. The lowest BCUT2D eigenvalue weighted by atomic mass is 9.90. The van der Waals surface area contributed by atoms with Crippen LogP contribution in [-0.4, -0.2) is 38.5 Å². The van der Waals surface area contributed by atoms with Crippen LogP contribution >= 0.6 is 0 Å². The Labute approximate surface area is 270 Å². The minimum atomic E-state index is -1.02. The number of hydrogen-bond acceptors (Lipinski definition) is 5. The van der Waals surface area contributed by atoms with Crippen molar-refractivity contribution in [2.24, 2.45) is 0 Å². The molecular weight excluding hydrogens is 576 g/mol. The van der Waals surface area contributed by atoms with Crippen molar-refractivity contribution in [3.8, 4) is 45.3 Å². The second kappa shape index (κ2) is 15.0. The van der Waals surface area contributed by atoms with Gasteiger partial charge in [0.25, 0.3) is 0 Å². The van der Waals surface area contributed by atoms with Gasteiger partial charge in [-0.05, 0) is 106 Å². The molecule has 0 bridgehead atoms. The van der Waals surface area contributed by atoms with Gasteiger partial charge in [-0.3, -0.25) is 0 Å². The van der Waals surface area contributed by atoms with Crippen LogP contribution in [0.4, 0.5) is 0 Å². The van der Waals surface area contributed by atoms with Crippen LogP contribution in [-0.2, 0) is 4.79 Å². The first-order valence-corrected chi connectivity index (χ1v) is 15.2. The molecule has 0 amide bonds. The zero-order valence-corrected chi connectivity index (χ0v) is 26.6. The van der Waals surface area contributed by atoms with Crippen molar-refractivity contribution in [3.63, 3.8) is 0 Å². The molecule has 0 spiro atoms. The zero-order chi connectivity index (χ0) is 32.5. The first-order chi connectivity index (χ1) is 22.4. The molecule has 0 unspecified atom stereocenters. The molecule has 5 aromatic rings. The molecule has 0 saturated carbocycles. The molecular formula is C40H38O6. The number of rotatable bonds is 13. The first kappa shape index (κ1) is 31.9. The number of benzene rings is 5. The third-order valence-electron chi connectivity index (χ3n) is 7.84. The van der Waals surface area contributed by atoms with Gasteiger partial charge >= 0.3 is 5.97 Å². The Morgan fingerprint density at radius 3 is 1.61 bits per heavy atom. The largest absolute Gasteiger partial charge is 0.497 e. The summed E-state index contributed by atoms with van der Waals surface area (Å²) < 4.78 is 22.6. The minimum absolute atomic E-state index is 0.385. The monoisotopic (exact) mass is 614 g/mol. The third-order valence-corrected chi connectivity index (χ3v) is 7.84. The van der Waals surface area contributed by atoms with Crippen LogP contribution < -0.4 is 18.9 Å². The number of carboxylic acid groups (broad SMARTS) is 1. The number of carboxylic acids is 1. The van der Waals surface area contributed by atoms with Crippen molar-refractivity contribution < 1.29 is 28.8 Å². The van der Waals surface area contributed by atoms with E-state index in [9.17, 15) is 4.79 Å². The van der Waals surface area contributed by atoms with Crippen molar-refractivity contribution in [3.05, 3.63) is 138 Å². The highest BCUT2D eigenvalue weighted by molar-refractivity contribution is 5.84. The van der Waals surface area contributed by atoms with Gasteiger partial charge < -0.3 is 24.1 Å². The lowest BCUT2D eigenvalue weighted by molar-refractivity contribution is -0.139. The maximum absolute atomic E-state index is 10.9. The summed E-state index contributed by atoms with van der Waals surface area (Å²) >= 11 is 0. The maximum Gasteiger partial charge on any atom is 0.341 e. The number of aryl methyl sites for hydroxylation is 1. The first-order valence-electron chi connectivity index (χ1n) is 15.2. The van der Waals surface area contributed by atoms with Crippen molar-refractivity contribution in [1.82, 2.24) is 0 Å². The number of hydrogen-bond donors (Lipinski definition) is 1. The lowest BCUT2D eigenvalue weighted by Gasteiger charge is -2.18. The second-order valence-corrected chi connectivity index (χ2v) is 10.8. The van der Waals surface area contributed by atoms with E-state index >= 15 is 0 Å². The molecule has 1 N–H and O–H groups in total. The Morgan fingerprint density at radius 1 is 0.609 bits per heavy atom. The van der Waals surface area contributed by atoms with E-state index in [4.69, 9.17) is 24.1 Å². The minimum Gasteiger partial charge on any atom is -0.497 e. The average molecular weight is 615 g/mol. The molecule has 0 fully saturated rings. The molecule has 5 rings (SSSR count). The van der Waals surface area contributed by atoms with Crippen LogP contribution in [0.3, 0.4) is 0 Å². The third kappa shape index (κ3) is 7.77. The number of carbonyl (C=O) groups is 1. The van der Waals surface area contributed by atoms with E-state index in [2.05, 4.69) is 67.6 Å². The molecule has 0 aliphatic carbocycles. The quantitative estimate of drug-likeness (QED) is 0.143. The van der Waals surface area contributed by atoms with Gasteiger partial charge in [-0.25, -0.2) is 4.79 Å². The molecule has 0 saturated heterocycles. The van der Waals surface area contributed by atoms with Gasteiger partial charge in [-0.15, -0.1) is 0 Å². The van der Waals surface area contributed by atoms with E-state index in [1.165, 1.54) is 0 Å². The SMILES string of the molecule is CCC(COc1ccc(OCC(=O)O)c(C)c1)=C(c1ccc(-c2cccc(OC)c2)cc1)c1ccc(-c2cccc(OC)c2)cc1. The van der Waals surface area contributed by atoms with Crippen LogP contribution in [0.2, 0.25) is 0 Å². The number of aliphatic carboxylic acids is 1. The Hall–Kier alpha value is -5.49. The van der Waals surface area contributed by atoms with Crippen molar-refractivity contribution in [2.75, 3.05) is 27.4 Å². The molecule has 5 aromatic carbocycles. The molecule has 234 valence electrons. The predicted molar refractivity (Wildman–Crippen MR) is 183 cm³/mol. The summed E-state index contributed by atoms with van der Waals surface area (Å²) in [5, 5.41) is 8.96. The Kier molecular flexibility index (Phi) is 10.4. The predicted octanol–water partition coefficient (Wildman–Crippen LogP) is 9.10.